The number of hydrogen-bond acceptors (Lipinski definition) is 3. The number of methoxy groups -OCH3 is 1. The molecule has 5 nitrogen and oxygen atoms in total. The molecule has 0 fully saturated rings. The molecular formula is C23H30N2O3. The van der Waals surface area contributed by atoms with Gasteiger partial charge < -0.3 is 15.0 Å². The molecule has 0 spiro atoms. The monoisotopic (exact) mass is 382 g/mol. The maximum atomic E-state index is 12.5. The van der Waals surface area contributed by atoms with Crippen molar-refractivity contribution in [1.29, 1.82) is 0 Å². The van der Waals surface area contributed by atoms with Crippen LogP contribution in [0.2, 0.25) is 0 Å². The SMILES string of the molecule is COc1ccccc1C(C)N(C)C(=O)CNC(=O)c1ccc(C(C)(C)C)cc1. The van der Waals surface area contributed by atoms with E-state index < -0.39 is 0 Å². The topological polar surface area (TPSA) is 58.6 Å². The van der Waals surface area contributed by atoms with Gasteiger partial charge in [-0.05, 0) is 36.1 Å². The van der Waals surface area contributed by atoms with E-state index in [0.717, 1.165) is 16.9 Å². The zero-order chi connectivity index (χ0) is 20.9. The minimum Gasteiger partial charge on any atom is -0.496 e. The third-order valence-corrected chi connectivity index (χ3v) is 4.98. The summed E-state index contributed by atoms with van der Waals surface area (Å²) >= 11 is 0. The maximum absolute atomic E-state index is 12.5. The number of para-hydroxylation sites is 1. The van der Waals surface area contributed by atoms with Crippen molar-refractivity contribution in [2.75, 3.05) is 20.7 Å². The zero-order valence-corrected chi connectivity index (χ0v) is 17.6. The molecule has 0 aliphatic rings. The smallest absolute Gasteiger partial charge is 0.251 e. The highest BCUT2D eigenvalue weighted by Gasteiger charge is 2.21. The Morgan fingerprint density at radius 2 is 1.68 bits per heavy atom. The first-order valence-electron chi connectivity index (χ1n) is 9.42. The van der Waals surface area contributed by atoms with Crippen LogP contribution >= 0.6 is 0 Å². The van der Waals surface area contributed by atoms with Gasteiger partial charge in [0.2, 0.25) is 5.91 Å². The fraction of sp³-hybridized carbons (Fsp3) is 0.391. The number of hydrogen-bond donors (Lipinski definition) is 1. The van der Waals surface area contributed by atoms with E-state index in [9.17, 15) is 9.59 Å². The van der Waals surface area contributed by atoms with Gasteiger partial charge in [-0.3, -0.25) is 9.59 Å². The number of carbonyl (C=O) groups is 2. The summed E-state index contributed by atoms with van der Waals surface area (Å²) in [5.41, 5.74) is 2.65. The van der Waals surface area contributed by atoms with Crippen molar-refractivity contribution in [3.63, 3.8) is 0 Å². The van der Waals surface area contributed by atoms with Crippen molar-refractivity contribution in [3.8, 4) is 5.75 Å². The van der Waals surface area contributed by atoms with Crippen LogP contribution in [0.4, 0.5) is 0 Å². The lowest BCUT2D eigenvalue weighted by molar-refractivity contribution is -0.130. The molecule has 0 saturated carbocycles. The fourth-order valence-corrected chi connectivity index (χ4v) is 2.94. The Labute approximate surface area is 167 Å². The molecule has 0 aromatic heterocycles. The van der Waals surface area contributed by atoms with Gasteiger partial charge >= 0.3 is 0 Å². The molecule has 1 atom stereocenters. The summed E-state index contributed by atoms with van der Waals surface area (Å²) in [6.45, 7) is 8.25. The number of amides is 2. The Kier molecular flexibility index (Phi) is 6.84. The van der Waals surface area contributed by atoms with Gasteiger partial charge in [0.15, 0.2) is 0 Å². The van der Waals surface area contributed by atoms with Gasteiger partial charge in [0.1, 0.15) is 5.75 Å². The van der Waals surface area contributed by atoms with Crippen molar-refractivity contribution >= 4 is 11.8 Å². The molecule has 0 aliphatic heterocycles. The van der Waals surface area contributed by atoms with Crippen LogP contribution in [0.25, 0.3) is 0 Å². The van der Waals surface area contributed by atoms with Crippen LogP contribution in [0.1, 0.15) is 55.2 Å². The number of ether oxygens (including phenoxy) is 1. The van der Waals surface area contributed by atoms with Crippen LogP contribution in [0.15, 0.2) is 48.5 Å². The highest BCUT2D eigenvalue weighted by molar-refractivity contribution is 5.96. The molecular weight excluding hydrogens is 352 g/mol. The van der Waals surface area contributed by atoms with E-state index in [4.69, 9.17) is 4.74 Å². The molecule has 1 N–H and O–H groups in total. The second-order valence-electron chi connectivity index (χ2n) is 7.93. The van der Waals surface area contributed by atoms with Crippen molar-refractivity contribution in [2.45, 2.75) is 39.2 Å². The molecule has 5 heteroatoms. The second-order valence-corrected chi connectivity index (χ2v) is 7.93. The van der Waals surface area contributed by atoms with Gasteiger partial charge in [-0.2, -0.15) is 0 Å². The molecule has 2 aromatic carbocycles. The highest BCUT2D eigenvalue weighted by Crippen LogP contribution is 2.28. The van der Waals surface area contributed by atoms with Crippen LogP contribution in [0.5, 0.6) is 5.75 Å². The lowest BCUT2D eigenvalue weighted by atomic mass is 9.87. The summed E-state index contributed by atoms with van der Waals surface area (Å²) in [5, 5.41) is 2.71. The molecule has 1 unspecified atom stereocenters. The minimum absolute atomic E-state index is 0.0301. The summed E-state index contributed by atoms with van der Waals surface area (Å²) in [6, 6.07) is 14.9. The van der Waals surface area contributed by atoms with E-state index in [1.807, 2.05) is 43.3 Å². The number of rotatable bonds is 6. The largest absolute Gasteiger partial charge is 0.496 e. The summed E-state index contributed by atoms with van der Waals surface area (Å²) in [4.78, 5) is 26.5. The molecule has 0 saturated heterocycles. The Balaban J connectivity index is 1.98. The van der Waals surface area contributed by atoms with Gasteiger partial charge in [0.05, 0.1) is 19.7 Å². The third-order valence-electron chi connectivity index (χ3n) is 4.98. The van der Waals surface area contributed by atoms with Crippen LogP contribution in [-0.2, 0) is 10.2 Å². The van der Waals surface area contributed by atoms with E-state index in [1.165, 1.54) is 0 Å². The van der Waals surface area contributed by atoms with E-state index in [0.29, 0.717) is 5.56 Å². The molecule has 2 aromatic rings. The van der Waals surface area contributed by atoms with E-state index in [-0.39, 0.29) is 29.8 Å². The average Bonchev–Trinajstić information content (AvgIpc) is 2.69. The Hall–Kier alpha value is -2.82. The van der Waals surface area contributed by atoms with Gasteiger partial charge in [0.25, 0.3) is 5.91 Å². The van der Waals surface area contributed by atoms with Crippen molar-refractivity contribution in [3.05, 3.63) is 65.2 Å². The molecule has 150 valence electrons. The third kappa shape index (κ3) is 5.12. The quantitative estimate of drug-likeness (QED) is 0.823. The minimum atomic E-state index is -0.257. The zero-order valence-electron chi connectivity index (χ0n) is 17.6. The summed E-state index contributed by atoms with van der Waals surface area (Å²) in [5.74, 6) is 0.308. The standard InChI is InChI=1S/C23H30N2O3/c1-16(19-9-7-8-10-20(19)28-6)25(5)21(26)15-24-22(27)17-11-13-18(14-12-17)23(2,3)4/h7-14,16H,15H2,1-6H3,(H,24,27). The van der Waals surface area contributed by atoms with E-state index >= 15 is 0 Å². The molecule has 2 amide bonds. The summed E-state index contributed by atoms with van der Waals surface area (Å²) < 4.78 is 5.38. The lowest BCUT2D eigenvalue weighted by Gasteiger charge is -2.26. The maximum Gasteiger partial charge on any atom is 0.251 e. The van der Waals surface area contributed by atoms with Crippen molar-refractivity contribution in [2.24, 2.45) is 0 Å². The number of carbonyl (C=O) groups excluding carboxylic acids is 2. The average molecular weight is 383 g/mol. The van der Waals surface area contributed by atoms with Crippen LogP contribution in [-0.4, -0.2) is 37.4 Å². The summed E-state index contributed by atoms with van der Waals surface area (Å²) in [6.07, 6.45) is 0. The summed E-state index contributed by atoms with van der Waals surface area (Å²) in [7, 11) is 3.34. The number of benzene rings is 2. The number of nitrogens with zero attached hydrogens (tertiary/aromatic N) is 1. The highest BCUT2D eigenvalue weighted by atomic mass is 16.5. The number of nitrogens with one attached hydrogen (secondary N) is 1. The van der Waals surface area contributed by atoms with Crippen LogP contribution in [0, 0.1) is 0 Å². The second kappa shape index (κ2) is 8.91. The molecule has 0 heterocycles. The first-order chi connectivity index (χ1) is 13.1. The molecule has 0 radical (unpaired) electrons. The Morgan fingerprint density at radius 3 is 2.25 bits per heavy atom. The van der Waals surface area contributed by atoms with Crippen molar-refractivity contribution in [1.82, 2.24) is 10.2 Å². The Morgan fingerprint density at radius 1 is 1.07 bits per heavy atom. The van der Waals surface area contributed by atoms with Crippen LogP contribution < -0.4 is 10.1 Å². The van der Waals surface area contributed by atoms with Gasteiger partial charge in [-0.15, -0.1) is 0 Å². The van der Waals surface area contributed by atoms with E-state index in [2.05, 4.69) is 26.1 Å². The predicted molar refractivity (Wildman–Crippen MR) is 112 cm³/mol. The lowest BCUT2D eigenvalue weighted by Crippen LogP contribution is -2.39. The molecule has 0 aliphatic carbocycles. The van der Waals surface area contributed by atoms with E-state index in [1.54, 1.807) is 31.2 Å². The molecule has 2 rings (SSSR count). The number of likely N-dealkylation sites (N-methyl/N-ethyl adjacent to an activating group) is 1. The molecule has 28 heavy (non-hydrogen) atoms. The van der Waals surface area contributed by atoms with Gasteiger partial charge in [-0.1, -0.05) is 51.1 Å². The van der Waals surface area contributed by atoms with Gasteiger partial charge in [0, 0.05) is 18.2 Å². The first-order valence-corrected chi connectivity index (χ1v) is 9.42. The first kappa shape index (κ1) is 21.5. The normalized spacial score (nSPS) is 12.2. The van der Waals surface area contributed by atoms with Crippen LogP contribution in [0.3, 0.4) is 0 Å². The van der Waals surface area contributed by atoms with Gasteiger partial charge in [-0.25, -0.2) is 0 Å². The Bertz CT molecular complexity index is 822. The predicted octanol–water partition coefficient (Wildman–Crippen LogP) is 3.94. The fourth-order valence-electron chi connectivity index (χ4n) is 2.94. The van der Waals surface area contributed by atoms with Crippen molar-refractivity contribution < 1.29 is 14.3 Å². The molecule has 0 bridgehead atoms.